The van der Waals surface area contributed by atoms with Gasteiger partial charge in [0.1, 0.15) is 0 Å². The Morgan fingerprint density at radius 3 is 3.12 bits per heavy atom. The highest BCUT2D eigenvalue weighted by Crippen LogP contribution is 2.35. The third-order valence-electron chi connectivity index (χ3n) is 3.02. The number of rotatable bonds is 0. The van der Waals surface area contributed by atoms with Gasteiger partial charge >= 0.3 is 0 Å². The molecule has 0 bridgehead atoms. The van der Waals surface area contributed by atoms with E-state index >= 15 is 0 Å². The van der Waals surface area contributed by atoms with Gasteiger partial charge in [-0.2, -0.15) is 0 Å². The summed E-state index contributed by atoms with van der Waals surface area (Å²) in [5.74, 6) is -0.162. The maximum absolute atomic E-state index is 11.9. The Labute approximate surface area is 97.9 Å². The van der Waals surface area contributed by atoms with Crippen LogP contribution in [0, 0.1) is 5.92 Å². The van der Waals surface area contributed by atoms with Crippen LogP contribution in [-0.2, 0) is 9.53 Å². The number of amides is 1. The molecule has 0 aromatic heterocycles. The molecule has 16 heavy (non-hydrogen) atoms. The molecular formula is C11H11ClN2O2. The first-order valence-electron chi connectivity index (χ1n) is 5.19. The molecule has 0 radical (unpaired) electrons. The van der Waals surface area contributed by atoms with E-state index in [0.29, 0.717) is 23.9 Å². The zero-order valence-electron chi connectivity index (χ0n) is 8.50. The second-order valence-corrected chi connectivity index (χ2v) is 4.45. The van der Waals surface area contributed by atoms with Crippen LogP contribution in [0.15, 0.2) is 18.2 Å². The van der Waals surface area contributed by atoms with E-state index in [1.165, 1.54) is 0 Å². The number of carbonyl (C=O) groups is 1. The Balaban J connectivity index is 2.05. The fraction of sp³-hybridized carbons (Fsp3) is 0.364. The van der Waals surface area contributed by atoms with Crippen LogP contribution < -0.4 is 10.6 Å². The molecule has 4 nitrogen and oxygen atoms in total. The molecule has 2 aliphatic rings. The van der Waals surface area contributed by atoms with E-state index in [1.54, 1.807) is 6.07 Å². The van der Waals surface area contributed by atoms with Gasteiger partial charge in [-0.1, -0.05) is 17.7 Å². The van der Waals surface area contributed by atoms with Crippen LogP contribution in [0.2, 0.25) is 5.02 Å². The molecule has 2 heterocycles. The number of hydrogen-bond donors (Lipinski definition) is 2. The van der Waals surface area contributed by atoms with Crippen molar-refractivity contribution in [3.05, 3.63) is 23.2 Å². The van der Waals surface area contributed by atoms with Gasteiger partial charge in [-0.05, 0) is 12.1 Å². The number of benzene rings is 1. The Hall–Kier alpha value is -1.26. The lowest BCUT2D eigenvalue weighted by atomic mass is 10.0. The van der Waals surface area contributed by atoms with Crippen molar-refractivity contribution >= 4 is 28.9 Å². The van der Waals surface area contributed by atoms with Gasteiger partial charge in [0.15, 0.2) is 0 Å². The van der Waals surface area contributed by atoms with Gasteiger partial charge < -0.3 is 15.4 Å². The minimum Gasteiger partial charge on any atom is -0.378 e. The minimum atomic E-state index is -0.136. The molecule has 2 unspecified atom stereocenters. The second kappa shape index (κ2) is 3.64. The molecule has 5 heteroatoms. The summed E-state index contributed by atoms with van der Waals surface area (Å²) in [7, 11) is 0. The number of fused-ring (bicyclic) bond motifs is 2. The molecular weight excluding hydrogens is 228 g/mol. The molecule has 1 aromatic rings. The van der Waals surface area contributed by atoms with Crippen molar-refractivity contribution in [2.24, 2.45) is 5.92 Å². The predicted octanol–water partition coefficient (Wildman–Crippen LogP) is 1.72. The smallest absolute Gasteiger partial charge is 0.232 e. The standard InChI is InChI=1S/C11H11ClN2O2/c12-7-2-1-3-8-10(7)14-11(15)6-4-16-5-9(6)13-8/h1-3,6,9,13H,4-5H2,(H,14,15). The van der Waals surface area contributed by atoms with Gasteiger partial charge in [0.2, 0.25) is 5.91 Å². The normalized spacial score (nSPS) is 27.4. The fourth-order valence-corrected chi connectivity index (χ4v) is 2.36. The van der Waals surface area contributed by atoms with Gasteiger partial charge in [-0.15, -0.1) is 0 Å². The Morgan fingerprint density at radius 1 is 1.38 bits per heavy atom. The predicted molar refractivity (Wildman–Crippen MR) is 61.8 cm³/mol. The molecule has 0 spiro atoms. The van der Waals surface area contributed by atoms with Crippen LogP contribution in [-0.4, -0.2) is 25.2 Å². The van der Waals surface area contributed by atoms with Crippen molar-refractivity contribution < 1.29 is 9.53 Å². The van der Waals surface area contributed by atoms with Crippen LogP contribution in [0.1, 0.15) is 0 Å². The van der Waals surface area contributed by atoms with Crippen LogP contribution in [0.5, 0.6) is 0 Å². The first kappa shape index (κ1) is 9.93. The first-order valence-corrected chi connectivity index (χ1v) is 5.57. The molecule has 0 aliphatic carbocycles. The van der Waals surface area contributed by atoms with E-state index < -0.39 is 0 Å². The third kappa shape index (κ3) is 1.45. The maximum Gasteiger partial charge on any atom is 0.232 e. The van der Waals surface area contributed by atoms with Gasteiger partial charge in [0.05, 0.1) is 41.6 Å². The van der Waals surface area contributed by atoms with E-state index in [4.69, 9.17) is 16.3 Å². The number of ether oxygens (including phenoxy) is 1. The molecule has 1 fully saturated rings. The summed E-state index contributed by atoms with van der Waals surface area (Å²) in [5.41, 5.74) is 1.53. The molecule has 2 atom stereocenters. The highest BCUT2D eigenvalue weighted by molar-refractivity contribution is 6.34. The summed E-state index contributed by atoms with van der Waals surface area (Å²) in [5, 5.41) is 6.70. The Kier molecular flexibility index (Phi) is 2.26. The summed E-state index contributed by atoms with van der Waals surface area (Å²) in [4.78, 5) is 11.9. The zero-order valence-corrected chi connectivity index (χ0v) is 9.25. The van der Waals surface area contributed by atoms with Gasteiger partial charge in [0.25, 0.3) is 0 Å². The van der Waals surface area contributed by atoms with Crippen molar-refractivity contribution in [2.45, 2.75) is 6.04 Å². The molecule has 2 aliphatic heterocycles. The maximum atomic E-state index is 11.9. The van der Waals surface area contributed by atoms with Crippen LogP contribution in [0.4, 0.5) is 11.4 Å². The highest BCUT2D eigenvalue weighted by Gasteiger charge is 2.37. The van der Waals surface area contributed by atoms with E-state index in [2.05, 4.69) is 10.6 Å². The van der Waals surface area contributed by atoms with Crippen molar-refractivity contribution in [3.63, 3.8) is 0 Å². The van der Waals surface area contributed by atoms with E-state index in [1.807, 2.05) is 12.1 Å². The summed E-state index contributed by atoms with van der Waals surface area (Å²) in [6, 6.07) is 5.57. The second-order valence-electron chi connectivity index (χ2n) is 4.05. The van der Waals surface area contributed by atoms with Crippen LogP contribution in [0.3, 0.4) is 0 Å². The number of para-hydroxylation sites is 1. The molecule has 84 valence electrons. The Morgan fingerprint density at radius 2 is 2.25 bits per heavy atom. The third-order valence-corrected chi connectivity index (χ3v) is 3.33. The van der Waals surface area contributed by atoms with Crippen LogP contribution in [0.25, 0.3) is 0 Å². The first-order chi connectivity index (χ1) is 7.75. The summed E-state index contributed by atoms with van der Waals surface area (Å²) in [6.07, 6.45) is 0. The molecule has 1 saturated heterocycles. The van der Waals surface area contributed by atoms with E-state index in [9.17, 15) is 4.79 Å². The average Bonchev–Trinajstić information content (AvgIpc) is 2.66. The lowest BCUT2D eigenvalue weighted by Crippen LogP contribution is -2.33. The number of halogens is 1. The summed E-state index contributed by atoms with van der Waals surface area (Å²) < 4.78 is 5.31. The van der Waals surface area contributed by atoms with Crippen LogP contribution >= 0.6 is 11.6 Å². The molecule has 2 N–H and O–H groups in total. The number of carbonyl (C=O) groups excluding carboxylic acids is 1. The quantitative estimate of drug-likeness (QED) is 0.724. The van der Waals surface area contributed by atoms with Crippen molar-refractivity contribution in [1.29, 1.82) is 0 Å². The van der Waals surface area contributed by atoms with E-state index in [-0.39, 0.29) is 17.9 Å². The van der Waals surface area contributed by atoms with Gasteiger partial charge in [-0.3, -0.25) is 4.79 Å². The minimum absolute atomic E-state index is 0.0261. The molecule has 1 aromatic carbocycles. The molecule has 3 rings (SSSR count). The fourth-order valence-electron chi connectivity index (χ4n) is 2.14. The average molecular weight is 239 g/mol. The monoisotopic (exact) mass is 238 g/mol. The van der Waals surface area contributed by atoms with Crippen molar-refractivity contribution in [2.75, 3.05) is 23.8 Å². The van der Waals surface area contributed by atoms with Crippen molar-refractivity contribution in [3.8, 4) is 0 Å². The largest absolute Gasteiger partial charge is 0.378 e. The highest BCUT2D eigenvalue weighted by atomic mass is 35.5. The number of hydrogen-bond acceptors (Lipinski definition) is 3. The molecule has 0 saturated carbocycles. The van der Waals surface area contributed by atoms with Crippen molar-refractivity contribution in [1.82, 2.24) is 0 Å². The molecule has 1 amide bonds. The summed E-state index contributed by atoms with van der Waals surface area (Å²) in [6.45, 7) is 1.03. The Bertz CT molecular complexity index is 450. The SMILES string of the molecule is O=C1Nc2c(Cl)cccc2NC2COCC12. The topological polar surface area (TPSA) is 50.4 Å². The van der Waals surface area contributed by atoms with E-state index in [0.717, 1.165) is 5.69 Å². The lowest BCUT2D eigenvalue weighted by Gasteiger charge is -2.14. The van der Waals surface area contributed by atoms with Gasteiger partial charge in [0, 0.05) is 0 Å². The number of nitrogens with one attached hydrogen (secondary N) is 2. The lowest BCUT2D eigenvalue weighted by molar-refractivity contribution is -0.119. The zero-order chi connectivity index (χ0) is 11.1. The number of anilines is 2. The van der Waals surface area contributed by atoms with Gasteiger partial charge in [-0.25, -0.2) is 0 Å². The summed E-state index contributed by atoms with van der Waals surface area (Å²) >= 11 is 6.05.